The van der Waals surface area contributed by atoms with Crippen LogP contribution in [0.25, 0.3) is 0 Å². The number of rotatable bonds is 6. The highest BCUT2D eigenvalue weighted by Crippen LogP contribution is 2.24. The Hall–Kier alpha value is -2.90. The second-order valence-electron chi connectivity index (χ2n) is 6.45. The number of carbonyl (C=O) groups excluding carboxylic acids is 2. The van der Waals surface area contributed by atoms with Crippen LogP contribution < -0.4 is 15.4 Å². The number of para-hydroxylation sites is 1. The second kappa shape index (κ2) is 7.55. The van der Waals surface area contributed by atoms with Crippen LogP contribution in [0.5, 0.6) is 5.75 Å². The van der Waals surface area contributed by atoms with E-state index >= 15 is 0 Å². The average molecular weight is 357 g/mol. The van der Waals surface area contributed by atoms with Gasteiger partial charge in [0.15, 0.2) is 0 Å². The zero-order valence-corrected chi connectivity index (χ0v) is 15.2. The fourth-order valence-corrected chi connectivity index (χ4v) is 3.06. The van der Waals surface area contributed by atoms with Crippen molar-refractivity contribution in [2.45, 2.75) is 39.9 Å². The monoisotopic (exact) mass is 357 g/mol. The molecule has 1 aromatic heterocycles. The van der Waals surface area contributed by atoms with Crippen molar-refractivity contribution in [2.24, 2.45) is 5.92 Å². The molecule has 0 saturated carbocycles. The van der Waals surface area contributed by atoms with E-state index in [1.165, 1.54) is 0 Å². The summed E-state index contributed by atoms with van der Waals surface area (Å²) in [7, 11) is 0. The molecule has 26 heavy (non-hydrogen) atoms. The van der Waals surface area contributed by atoms with Crippen molar-refractivity contribution < 1.29 is 14.3 Å². The number of amides is 2. The molecule has 0 fully saturated rings. The van der Waals surface area contributed by atoms with Gasteiger partial charge in [0.2, 0.25) is 5.91 Å². The number of carbonyl (C=O) groups is 2. The smallest absolute Gasteiger partial charge is 0.255 e. The van der Waals surface area contributed by atoms with Gasteiger partial charge in [0, 0.05) is 0 Å². The summed E-state index contributed by atoms with van der Waals surface area (Å²) in [5, 5.41) is 14.0. The highest BCUT2D eigenvalue weighted by molar-refractivity contribution is 5.96. The standard InChI is InChI=1S/C18H23N5O3/c1-4-26-15-8-6-5-7-12(15)17(24)19-9-13-14-10-20-18(25)16(11(2)3)23(14)22-21-13/h5-8,11,16H,4,9-10H2,1-3H3,(H,19,24)(H,20,25). The van der Waals surface area contributed by atoms with E-state index < -0.39 is 0 Å². The van der Waals surface area contributed by atoms with Gasteiger partial charge in [-0.3, -0.25) is 9.59 Å². The summed E-state index contributed by atoms with van der Waals surface area (Å²) in [6, 6.07) is 6.72. The first-order valence-electron chi connectivity index (χ1n) is 8.73. The zero-order valence-electron chi connectivity index (χ0n) is 15.2. The number of fused-ring (bicyclic) bond motifs is 1. The van der Waals surface area contributed by atoms with Crippen LogP contribution in [0.3, 0.4) is 0 Å². The molecule has 0 spiro atoms. The van der Waals surface area contributed by atoms with Gasteiger partial charge < -0.3 is 15.4 Å². The maximum absolute atomic E-state index is 12.5. The van der Waals surface area contributed by atoms with Crippen LogP contribution in [0, 0.1) is 5.92 Å². The summed E-state index contributed by atoms with van der Waals surface area (Å²) in [4.78, 5) is 24.6. The summed E-state index contributed by atoms with van der Waals surface area (Å²) in [6.45, 7) is 6.88. The van der Waals surface area contributed by atoms with Gasteiger partial charge in [-0.25, -0.2) is 4.68 Å². The molecule has 0 saturated heterocycles. The molecule has 1 unspecified atom stereocenters. The Bertz CT molecular complexity index is 815. The van der Waals surface area contributed by atoms with Crippen LogP contribution in [-0.4, -0.2) is 33.4 Å². The predicted molar refractivity (Wildman–Crippen MR) is 94.5 cm³/mol. The van der Waals surface area contributed by atoms with E-state index in [1.54, 1.807) is 22.9 Å². The Balaban J connectivity index is 1.75. The van der Waals surface area contributed by atoms with Crippen LogP contribution in [-0.2, 0) is 17.9 Å². The SMILES string of the molecule is CCOc1ccccc1C(=O)NCc1nnn2c1CNC(=O)C2C(C)C. The van der Waals surface area contributed by atoms with Crippen LogP contribution in [0.4, 0.5) is 0 Å². The molecule has 138 valence electrons. The summed E-state index contributed by atoms with van der Waals surface area (Å²) < 4.78 is 7.16. The molecule has 3 rings (SSSR count). The number of hydrogen-bond donors (Lipinski definition) is 2. The van der Waals surface area contributed by atoms with Crippen LogP contribution >= 0.6 is 0 Å². The molecule has 2 amide bonds. The first kappa shape index (κ1) is 17.9. The summed E-state index contributed by atoms with van der Waals surface area (Å²) >= 11 is 0. The third-order valence-corrected chi connectivity index (χ3v) is 4.31. The summed E-state index contributed by atoms with van der Waals surface area (Å²) in [6.07, 6.45) is 0. The van der Waals surface area contributed by atoms with Gasteiger partial charge in [0.1, 0.15) is 17.5 Å². The van der Waals surface area contributed by atoms with Gasteiger partial charge in [-0.05, 0) is 25.0 Å². The van der Waals surface area contributed by atoms with Crippen molar-refractivity contribution >= 4 is 11.8 Å². The summed E-state index contributed by atoms with van der Waals surface area (Å²) in [5.41, 5.74) is 1.95. The van der Waals surface area contributed by atoms with Gasteiger partial charge in [0.25, 0.3) is 5.91 Å². The minimum absolute atomic E-state index is 0.0568. The zero-order chi connectivity index (χ0) is 18.7. The van der Waals surface area contributed by atoms with E-state index in [-0.39, 0.29) is 30.3 Å². The lowest BCUT2D eigenvalue weighted by Crippen LogP contribution is -2.42. The van der Waals surface area contributed by atoms with E-state index in [2.05, 4.69) is 20.9 Å². The number of ether oxygens (including phenoxy) is 1. The third kappa shape index (κ3) is 3.40. The Morgan fingerprint density at radius 2 is 2.19 bits per heavy atom. The molecule has 0 radical (unpaired) electrons. The number of nitrogens with one attached hydrogen (secondary N) is 2. The van der Waals surface area contributed by atoms with E-state index in [9.17, 15) is 9.59 Å². The highest BCUT2D eigenvalue weighted by atomic mass is 16.5. The molecular formula is C18H23N5O3. The second-order valence-corrected chi connectivity index (χ2v) is 6.45. The van der Waals surface area contributed by atoms with Crippen molar-refractivity contribution in [3.63, 3.8) is 0 Å². The highest BCUT2D eigenvalue weighted by Gasteiger charge is 2.32. The molecule has 2 aromatic rings. The van der Waals surface area contributed by atoms with Gasteiger partial charge in [0.05, 0.1) is 31.0 Å². The molecule has 0 bridgehead atoms. The molecule has 1 aliphatic rings. The fourth-order valence-electron chi connectivity index (χ4n) is 3.06. The lowest BCUT2D eigenvalue weighted by atomic mass is 10.0. The quantitative estimate of drug-likeness (QED) is 0.815. The maximum Gasteiger partial charge on any atom is 0.255 e. The first-order chi connectivity index (χ1) is 12.5. The molecular weight excluding hydrogens is 334 g/mol. The molecule has 1 aliphatic heterocycles. The normalized spacial score (nSPS) is 16.2. The Labute approximate surface area is 151 Å². The Kier molecular flexibility index (Phi) is 5.20. The van der Waals surface area contributed by atoms with Crippen molar-refractivity contribution in [2.75, 3.05) is 6.61 Å². The van der Waals surface area contributed by atoms with Crippen molar-refractivity contribution in [3.8, 4) is 5.75 Å². The topological polar surface area (TPSA) is 98.1 Å². The predicted octanol–water partition coefficient (Wildman–Crippen LogP) is 1.43. The lowest BCUT2D eigenvalue weighted by Gasteiger charge is -2.26. The van der Waals surface area contributed by atoms with Crippen molar-refractivity contribution in [3.05, 3.63) is 41.2 Å². The molecule has 1 atom stereocenters. The van der Waals surface area contributed by atoms with E-state index in [1.807, 2.05) is 26.8 Å². The van der Waals surface area contributed by atoms with E-state index in [4.69, 9.17) is 4.74 Å². The molecule has 2 heterocycles. The van der Waals surface area contributed by atoms with Crippen LogP contribution in [0.1, 0.15) is 48.6 Å². The van der Waals surface area contributed by atoms with E-state index in [0.717, 1.165) is 5.69 Å². The van der Waals surface area contributed by atoms with Gasteiger partial charge in [-0.15, -0.1) is 5.10 Å². The molecule has 1 aromatic carbocycles. The molecule has 0 aliphatic carbocycles. The van der Waals surface area contributed by atoms with E-state index in [0.29, 0.717) is 30.2 Å². The lowest BCUT2D eigenvalue weighted by molar-refractivity contribution is -0.127. The molecule has 8 heteroatoms. The number of nitrogens with zero attached hydrogens (tertiary/aromatic N) is 3. The van der Waals surface area contributed by atoms with Crippen molar-refractivity contribution in [1.29, 1.82) is 0 Å². The first-order valence-corrected chi connectivity index (χ1v) is 8.73. The van der Waals surface area contributed by atoms with Gasteiger partial charge in [-0.1, -0.05) is 31.2 Å². The largest absolute Gasteiger partial charge is 0.493 e. The summed E-state index contributed by atoms with van der Waals surface area (Å²) in [5.74, 6) is 0.343. The minimum atomic E-state index is -0.380. The number of hydrogen-bond acceptors (Lipinski definition) is 5. The minimum Gasteiger partial charge on any atom is -0.493 e. The van der Waals surface area contributed by atoms with Crippen LogP contribution in [0.15, 0.2) is 24.3 Å². The Morgan fingerprint density at radius 1 is 1.42 bits per heavy atom. The van der Waals surface area contributed by atoms with Gasteiger partial charge >= 0.3 is 0 Å². The molecule has 2 N–H and O–H groups in total. The fraction of sp³-hybridized carbons (Fsp3) is 0.444. The third-order valence-electron chi connectivity index (χ3n) is 4.31. The average Bonchev–Trinajstić information content (AvgIpc) is 3.02. The van der Waals surface area contributed by atoms with Crippen molar-refractivity contribution in [1.82, 2.24) is 25.6 Å². The number of aromatic nitrogens is 3. The Morgan fingerprint density at radius 3 is 2.92 bits per heavy atom. The maximum atomic E-state index is 12.5. The number of benzene rings is 1. The van der Waals surface area contributed by atoms with Crippen LogP contribution in [0.2, 0.25) is 0 Å². The molecule has 8 nitrogen and oxygen atoms in total. The van der Waals surface area contributed by atoms with Gasteiger partial charge in [-0.2, -0.15) is 0 Å².